The van der Waals surface area contributed by atoms with Crippen molar-refractivity contribution >= 4 is 29.8 Å². The average Bonchev–Trinajstić information content (AvgIpc) is 2.75. The van der Waals surface area contributed by atoms with E-state index in [0.717, 1.165) is 13.8 Å². The number of hydrogen-bond donors (Lipinski definition) is 1. The number of methoxy groups -OCH3 is 1. The lowest BCUT2D eigenvalue weighted by molar-refractivity contribution is -0.257. The second-order valence-electron chi connectivity index (χ2n) is 7.35. The summed E-state index contributed by atoms with van der Waals surface area (Å²) in [5.74, 6) is -2.84. The van der Waals surface area contributed by atoms with Gasteiger partial charge in [0.25, 0.3) is 0 Å². The molecular weight excluding hydrogens is 454 g/mol. The van der Waals surface area contributed by atoms with Gasteiger partial charge in [0.05, 0.1) is 12.7 Å². The van der Waals surface area contributed by atoms with Gasteiger partial charge in [-0.3, -0.25) is 19.2 Å². The first-order valence-corrected chi connectivity index (χ1v) is 10.3. The number of carbonyl (C=O) groups is 5. The second-order valence-corrected chi connectivity index (χ2v) is 7.35. The normalized spacial score (nSPS) is 23.7. The minimum absolute atomic E-state index is 0.242. The fourth-order valence-corrected chi connectivity index (χ4v) is 3.31. The molecule has 1 N–H and O–H groups in total. The van der Waals surface area contributed by atoms with E-state index in [4.69, 9.17) is 23.7 Å². The molecule has 186 valence electrons. The van der Waals surface area contributed by atoms with E-state index in [9.17, 15) is 24.0 Å². The minimum atomic E-state index is -1.26. The van der Waals surface area contributed by atoms with E-state index in [0.29, 0.717) is 0 Å². The molecule has 0 spiro atoms. The summed E-state index contributed by atoms with van der Waals surface area (Å²) in [5, 5.41) is 2.60. The number of carbonyl (C=O) groups excluding carboxylic acids is 5. The number of ether oxygens (including phenoxy) is 6. The highest BCUT2D eigenvalue weighted by molar-refractivity contribution is 5.89. The lowest BCUT2D eigenvalue weighted by Crippen LogP contribution is -2.67. The molecule has 34 heavy (non-hydrogen) atoms. The number of benzene rings is 1. The quantitative estimate of drug-likeness (QED) is 0.408. The van der Waals surface area contributed by atoms with Crippen molar-refractivity contribution in [3.8, 4) is 5.75 Å². The third-order valence-electron chi connectivity index (χ3n) is 4.60. The molecule has 0 bridgehead atoms. The molecule has 2 rings (SSSR count). The molecule has 0 unspecified atom stereocenters. The number of rotatable bonds is 8. The maximum atomic E-state index is 11.9. The van der Waals surface area contributed by atoms with Crippen LogP contribution in [-0.2, 0) is 42.9 Å². The SMILES string of the molecule is COC(=O)c1ccc(O[C@@H]2O[C@H](COC(C)=O)[C@@H](OC(C)=O)[C@@H](OC(C)=O)[C@@H]2NC(C)=O)cc1. The van der Waals surface area contributed by atoms with Gasteiger partial charge in [-0.2, -0.15) is 0 Å². The highest BCUT2D eigenvalue weighted by Crippen LogP contribution is 2.29. The van der Waals surface area contributed by atoms with E-state index in [1.165, 1.54) is 45.2 Å². The second kappa shape index (κ2) is 12.0. The van der Waals surface area contributed by atoms with E-state index in [-0.39, 0.29) is 17.9 Å². The van der Waals surface area contributed by atoms with E-state index in [1.807, 2.05) is 0 Å². The predicted octanol–water partition coefficient (Wildman–Crippen LogP) is 0.508. The molecule has 1 saturated heterocycles. The van der Waals surface area contributed by atoms with Gasteiger partial charge in [-0.25, -0.2) is 4.79 Å². The average molecular weight is 481 g/mol. The Labute approximate surface area is 195 Å². The van der Waals surface area contributed by atoms with Gasteiger partial charge >= 0.3 is 23.9 Å². The molecule has 1 aliphatic rings. The van der Waals surface area contributed by atoms with Crippen molar-refractivity contribution in [2.24, 2.45) is 0 Å². The van der Waals surface area contributed by atoms with Crippen LogP contribution < -0.4 is 10.1 Å². The van der Waals surface area contributed by atoms with Crippen LogP contribution in [0.2, 0.25) is 0 Å². The summed E-state index contributed by atoms with van der Waals surface area (Å²) in [5.41, 5.74) is 0.276. The van der Waals surface area contributed by atoms with Crippen molar-refractivity contribution in [2.75, 3.05) is 13.7 Å². The van der Waals surface area contributed by atoms with Crippen LogP contribution in [0.15, 0.2) is 24.3 Å². The maximum absolute atomic E-state index is 11.9. The van der Waals surface area contributed by atoms with Crippen LogP contribution >= 0.6 is 0 Å². The molecule has 1 heterocycles. The molecule has 1 amide bonds. The molecular formula is C22H27NO11. The number of esters is 4. The summed E-state index contributed by atoms with van der Waals surface area (Å²) < 4.78 is 32.2. The Balaban J connectivity index is 2.42. The lowest BCUT2D eigenvalue weighted by Gasteiger charge is -2.44. The third-order valence-corrected chi connectivity index (χ3v) is 4.60. The lowest BCUT2D eigenvalue weighted by atomic mass is 9.96. The topological polar surface area (TPSA) is 153 Å². The van der Waals surface area contributed by atoms with Crippen molar-refractivity contribution in [1.29, 1.82) is 0 Å². The van der Waals surface area contributed by atoms with Crippen LogP contribution in [0.25, 0.3) is 0 Å². The number of nitrogens with one attached hydrogen (secondary N) is 1. The minimum Gasteiger partial charge on any atom is -0.465 e. The zero-order valence-electron chi connectivity index (χ0n) is 19.4. The van der Waals surface area contributed by atoms with Crippen LogP contribution in [0.3, 0.4) is 0 Å². The van der Waals surface area contributed by atoms with Gasteiger partial charge in [-0.15, -0.1) is 0 Å². The molecule has 0 aliphatic carbocycles. The molecule has 5 atom stereocenters. The fraction of sp³-hybridized carbons (Fsp3) is 0.500. The standard InChI is InChI=1S/C22H27NO11/c1-11(24)23-18-20(32-14(4)27)19(31-13(3)26)17(10-30-12(2)25)34-22(18)33-16-8-6-15(7-9-16)21(28)29-5/h6-9,17-20,22H,10H2,1-5H3,(H,23,24)/t17-,18+,19-,20+,22-/m1/s1. The van der Waals surface area contributed by atoms with Gasteiger partial charge < -0.3 is 33.7 Å². The Hall–Kier alpha value is -3.67. The first-order chi connectivity index (χ1) is 16.0. The Bertz CT molecular complexity index is 914. The van der Waals surface area contributed by atoms with Gasteiger partial charge in [0, 0.05) is 27.7 Å². The van der Waals surface area contributed by atoms with Crippen LogP contribution in [0.4, 0.5) is 0 Å². The molecule has 1 aromatic carbocycles. The van der Waals surface area contributed by atoms with Crippen molar-refractivity contribution < 1.29 is 52.4 Å². The Morgan fingerprint density at radius 2 is 1.47 bits per heavy atom. The van der Waals surface area contributed by atoms with Crippen LogP contribution in [0.5, 0.6) is 5.75 Å². The van der Waals surface area contributed by atoms with Gasteiger partial charge in [0.2, 0.25) is 12.2 Å². The zero-order valence-corrected chi connectivity index (χ0v) is 19.4. The fourth-order valence-electron chi connectivity index (χ4n) is 3.31. The molecule has 1 aliphatic heterocycles. The zero-order chi connectivity index (χ0) is 25.4. The molecule has 1 aromatic rings. The Morgan fingerprint density at radius 1 is 0.882 bits per heavy atom. The van der Waals surface area contributed by atoms with E-state index < -0.39 is 60.4 Å². The van der Waals surface area contributed by atoms with Crippen molar-refractivity contribution in [3.05, 3.63) is 29.8 Å². The third kappa shape index (κ3) is 7.44. The summed E-state index contributed by atoms with van der Waals surface area (Å²) in [7, 11) is 1.25. The van der Waals surface area contributed by atoms with E-state index >= 15 is 0 Å². The summed E-state index contributed by atoms with van der Waals surface area (Å²) >= 11 is 0. The van der Waals surface area contributed by atoms with Crippen molar-refractivity contribution in [2.45, 2.75) is 58.3 Å². The molecule has 0 aromatic heterocycles. The first kappa shape index (κ1) is 26.6. The van der Waals surface area contributed by atoms with E-state index in [1.54, 1.807) is 0 Å². The summed E-state index contributed by atoms with van der Waals surface area (Å²) in [6, 6.07) is 4.75. The maximum Gasteiger partial charge on any atom is 0.337 e. The number of amides is 1. The predicted molar refractivity (Wildman–Crippen MR) is 112 cm³/mol. The Morgan fingerprint density at radius 3 is 1.97 bits per heavy atom. The van der Waals surface area contributed by atoms with E-state index in [2.05, 4.69) is 10.1 Å². The largest absolute Gasteiger partial charge is 0.465 e. The molecule has 0 saturated carbocycles. The van der Waals surface area contributed by atoms with Gasteiger partial charge in [0.15, 0.2) is 12.2 Å². The van der Waals surface area contributed by atoms with Crippen LogP contribution in [0, 0.1) is 0 Å². The van der Waals surface area contributed by atoms with Gasteiger partial charge in [-0.05, 0) is 24.3 Å². The smallest absolute Gasteiger partial charge is 0.337 e. The highest BCUT2D eigenvalue weighted by Gasteiger charge is 2.51. The molecule has 12 nitrogen and oxygen atoms in total. The summed E-state index contributed by atoms with van der Waals surface area (Å²) in [6.45, 7) is 4.36. The summed E-state index contributed by atoms with van der Waals surface area (Å²) in [6.07, 6.45) is -4.82. The molecule has 0 radical (unpaired) electrons. The molecule has 12 heteroatoms. The monoisotopic (exact) mass is 481 g/mol. The van der Waals surface area contributed by atoms with Crippen LogP contribution in [0.1, 0.15) is 38.1 Å². The van der Waals surface area contributed by atoms with Crippen molar-refractivity contribution in [3.63, 3.8) is 0 Å². The summed E-state index contributed by atoms with van der Waals surface area (Å²) in [4.78, 5) is 58.6. The van der Waals surface area contributed by atoms with Crippen molar-refractivity contribution in [1.82, 2.24) is 5.32 Å². The Kier molecular flexibility index (Phi) is 9.36. The highest BCUT2D eigenvalue weighted by atomic mass is 16.7. The molecule has 1 fully saturated rings. The number of hydrogen-bond acceptors (Lipinski definition) is 11. The first-order valence-electron chi connectivity index (χ1n) is 10.3. The van der Waals surface area contributed by atoms with Crippen LogP contribution in [-0.4, -0.2) is 74.1 Å². The van der Waals surface area contributed by atoms with Gasteiger partial charge in [0.1, 0.15) is 24.5 Å². The van der Waals surface area contributed by atoms with Gasteiger partial charge in [-0.1, -0.05) is 0 Å².